The molecule has 3 aromatic rings. The highest BCUT2D eigenvalue weighted by molar-refractivity contribution is 5.92. The van der Waals surface area contributed by atoms with Gasteiger partial charge in [0.05, 0.1) is 13.2 Å². The molecular weight excluding hydrogens is 350 g/mol. The Hall–Kier alpha value is -3.08. The van der Waals surface area contributed by atoms with E-state index in [1.165, 1.54) is 5.56 Å². The second-order valence-electron chi connectivity index (χ2n) is 7.27. The van der Waals surface area contributed by atoms with Crippen LogP contribution in [0.5, 0.6) is 5.75 Å². The maximum atomic E-state index is 12.9. The first kappa shape index (κ1) is 18.3. The number of para-hydroxylation sites is 1. The second-order valence-corrected chi connectivity index (χ2v) is 7.27. The van der Waals surface area contributed by atoms with Crippen molar-refractivity contribution in [1.82, 2.24) is 14.7 Å². The van der Waals surface area contributed by atoms with Crippen LogP contribution in [0.15, 0.2) is 72.9 Å². The number of benzene rings is 2. The zero-order valence-corrected chi connectivity index (χ0v) is 15.9. The van der Waals surface area contributed by atoms with Crippen molar-refractivity contribution in [2.45, 2.75) is 19.4 Å². The van der Waals surface area contributed by atoms with E-state index in [0.717, 1.165) is 31.7 Å². The largest absolute Gasteiger partial charge is 0.493 e. The Labute approximate surface area is 165 Å². The van der Waals surface area contributed by atoms with Crippen LogP contribution in [0.1, 0.15) is 28.9 Å². The van der Waals surface area contributed by atoms with E-state index in [-0.39, 0.29) is 5.91 Å². The lowest BCUT2D eigenvalue weighted by molar-refractivity contribution is 0.0626. The molecule has 0 spiro atoms. The molecule has 0 bridgehead atoms. The summed E-state index contributed by atoms with van der Waals surface area (Å²) in [5.41, 5.74) is 1.68. The average Bonchev–Trinajstić information content (AvgIpc) is 3.22. The fraction of sp³-hybridized carbons (Fsp3) is 0.304. The van der Waals surface area contributed by atoms with E-state index in [9.17, 15) is 4.79 Å². The predicted octanol–water partition coefficient (Wildman–Crippen LogP) is 3.86. The SMILES string of the molecule is O=C(c1ccn(Cc2ccccc2)n1)N1CCCC(COc2ccccc2)C1. The molecule has 2 heterocycles. The summed E-state index contributed by atoms with van der Waals surface area (Å²) in [4.78, 5) is 14.8. The summed E-state index contributed by atoms with van der Waals surface area (Å²) in [6.07, 6.45) is 3.96. The van der Waals surface area contributed by atoms with Crippen LogP contribution in [-0.4, -0.2) is 40.3 Å². The van der Waals surface area contributed by atoms with Crippen molar-refractivity contribution in [3.8, 4) is 5.75 Å². The number of aromatic nitrogens is 2. The molecule has 4 rings (SSSR count). The van der Waals surface area contributed by atoms with E-state index in [2.05, 4.69) is 17.2 Å². The summed E-state index contributed by atoms with van der Waals surface area (Å²) in [6.45, 7) is 2.81. The number of rotatable bonds is 6. The van der Waals surface area contributed by atoms with E-state index in [1.807, 2.05) is 70.4 Å². The van der Waals surface area contributed by atoms with Gasteiger partial charge in [-0.3, -0.25) is 9.48 Å². The molecule has 1 aliphatic heterocycles. The van der Waals surface area contributed by atoms with Crippen molar-refractivity contribution in [2.24, 2.45) is 5.92 Å². The van der Waals surface area contributed by atoms with Crippen LogP contribution >= 0.6 is 0 Å². The smallest absolute Gasteiger partial charge is 0.274 e. The van der Waals surface area contributed by atoms with Crippen LogP contribution in [0.2, 0.25) is 0 Å². The third kappa shape index (κ3) is 4.60. The maximum Gasteiger partial charge on any atom is 0.274 e. The lowest BCUT2D eigenvalue weighted by atomic mass is 9.98. The lowest BCUT2D eigenvalue weighted by Crippen LogP contribution is -2.41. The summed E-state index contributed by atoms with van der Waals surface area (Å²) < 4.78 is 7.71. The van der Waals surface area contributed by atoms with Gasteiger partial charge >= 0.3 is 0 Å². The first-order valence-electron chi connectivity index (χ1n) is 9.82. The van der Waals surface area contributed by atoms with Gasteiger partial charge < -0.3 is 9.64 Å². The Kier molecular flexibility index (Phi) is 5.71. The molecule has 5 nitrogen and oxygen atoms in total. The van der Waals surface area contributed by atoms with E-state index in [4.69, 9.17) is 4.74 Å². The minimum absolute atomic E-state index is 0.0104. The number of hydrogen-bond donors (Lipinski definition) is 0. The van der Waals surface area contributed by atoms with Crippen LogP contribution in [0.4, 0.5) is 0 Å². The number of carbonyl (C=O) groups is 1. The van der Waals surface area contributed by atoms with Crippen LogP contribution < -0.4 is 4.74 Å². The minimum Gasteiger partial charge on any atom is -0.493 e. The topological polar surface area (TPSA) is 47.4 Å². The molecule has 1 aliphatic rings. The Morgan fingerprint density at radius 3 is 2.57 bits per heavy atom. The van der Waals surface area contributed by atoms with Crippen molar-refractivity contribution in [3.63, 3.8) is 0 Å². The van der Waals surface area contributed by atoms with Gasteiger partial charge in [-0.25, -0.2) is 0 Å². The highest BCUT2D eigenvalue weighted by Crippen LogP contribution is 2.20. The van der Waals surface area contributed by atoms with Crippen LogP contribution in [-0.2, 0) is 6.54 Å². The molecule has 0 N–H and O–H groups in total. The normalized spacial score (nSPS) is 16.7. The van der Waals surface area contributed by atoms with Gasteiger partial charge in [-0.15, -0.1) is 0 Å². The molecular formula is C23H25N3O2. The fourth-order valence-electron chi connectivity index (χ4n) is 3.61. The van der Waals surface area contributed by atoms with Gasteiger partial charge in [0.25, 0.3) is 5.91 Å². The number of amides is 1. The standard InChI is InChI=1S/C23H25N3O2/c27-23(22-13-15-26(24-22)17-19-8-3-1-4-9-19)25-14-7-10-20(16-25)18-28-21-11-5-2-6-12-21/h1-6,8-9,11-13,15,20H,7,10,14,16-18H2. The van der Waals surface area contributed by atoms with Crippen molar-refractivity contribution in [2.75, 3.05) is 19.7 Å². The first-order chi connectivity index (χ1) is 13.8. The Morgan fingerprint density at radius 2 is 1.79 bits per heavy atom. The van der Waals surface area contributed by atoms with Crippen molar-refractivity contribution < 1.29 is 9.53 Å². The number of nitrogens with zero attached hydrogens (tertiary/aromatic N) is 3. The Balaban J connectivity index is 1.34. The Bertz CT molecular complexity index is 892. The number of carbonyl (C=O) groups excluding carboxylic acids is 1. The van der Waals surface area contributed by atoms with E-state index < -0.39 is 0 Å². The third-order valence-electron chi connectivity index (χ3n) is 5.08. The Morgan fingerprint density at radius 1 is 1.04 bits per heavy atom. The minimum atomic E-state index is 0.0104. The van der Waals surface area contributed by atoms with E-state index in [1.54, 1.807) is 0 Å². The molecule has 1 unspecified atom stereocenters. The fourth-order valence-corrected chi connectivity index (χ4v) is 3.61. The van der Waals surface area contributed by atoms with Gasteiger partial charge in [-0.05, 0) is 36.6 Å². The number of likely N-dealkylation sites (tertiary alicyclic amines) is 1. The van der Waals surface area contributed by atoms with Gasteiger partial charge in [0.1, 0.15) is 11.4 Å². The third-order valence-corrected chi connectivity index (χ3v) is 5.08. The molecule has 1 saturated heterocycles. The zero-order chi connectivity index (χ0) is 19.2. The van der Waals surface area contributed by atoms with E-state index in [0.29, 0.717) is 24.8 Å². The van der Waals surface area contributed by atoms with Crippen LogP contribution in [0, 0.1) is 5.92 Å². The van der Waals surface area contributed by atoms with Gasteiger partial charge in [-0.2, -0.15) is 5.10 Å². The molecule has 1 aromatic heterocycles. The number of piperidine rings is 1. The number of hydrogen-bond acceptors (Lipinski definition) is 3. The first-order valence-corrected chi connectivity index (χ1v) is 9.82. The summed E-state index contributed by atoms with van der Waals surface area (Å²) in [5, 5.41) is 4.49. The molecule has 144 valence electrons. The van der Waals surface area contributed by atoms with Gasteiger partial charge in [0.15, 0.2) is 0 Å². The average molecular weight is 375 g/mol. The summed E-state index contributed by atoms with van der Waals surface area (Å²) in [7, 11) is 0. The molecule has 1 atom stereocenters. The molecule has 0 saturated carbocycles. The zero-order valence-electron chi connectivity index (χ0n) is 15.9. The monoisotopic (exact) mass is 375 g/mol. The van der Waals surface area contributed by atoms with Gasteiger partial charge in [-0.1, -0.05) is 48.5 Å². The van der Waals surface area contributed by atoms with Crippen molar-refractivity contribution in [3.05, 3.63) is 84.2 Å². The van der Waals surface area contributed by atoms with Gasteiger partial charge in [0, 0.05) is 25.2 Å². The van der Waals surface area contributed by atoms with Gasteiger partial charge in [0.2, 0.25) is 0 Å². The molecule has 28 heavy (non-hydrogen) atoms. The van der Waals surface area contributed by atoms with Crippen LogP contribution in [0.25, 0.3) is 0 Å². The lowest BCUT2D eigenvalue weighted by Gasteiger charge is -2.32. The predicted molar refractivity (Wildman–Crippen MR) is 108 cm³/mol. The summed E-state index contributed by atoms with van der Waals surface area (Å²) >= 11 is 0. The quantitative estimate of drug-likeness (QED) is 0.657. The molecule has 1 amide bonds. The molecule has 2 aromatic carbocycles. The number of ether oxygens (including phenoxy) is 1. The van der Waals surface area contributed by atoms with Crippen molar-refractivity contribution >= 4 is 5.91 Å². The molecule has 1 fully saturated rings. The van der Waals surface area contributed by atoms with Crippen LogP contribution in [0.3, 0.4) is 0 Å². The highest BCUT2D eigenvalue weighted by atomic mass is 16.5. The molecule has 0 radical (unpaired) electrons. The summed E-state index contributed by atoms with van der Waals surface area (Å²) in [5.74, 6) is 1.24. The molecule has 0 aliphatic carbocycles. The second kappa shape index (κ2) is 8.74. The molecule has 5 heteroatoms. The maximum absolute atomic E-state index is 12.9. The highest BCUT2D eigenvalue weighted by Gasteiger charge is 2.26. The van der Waals surface area contributed by atoms with E-state index >= 15 is 0 Å². The van der Waals surface area contributed by atoms with Crippen molar-refractivity contribution in [1.29, 1.82) is 0 Å². The summed E-state index contributed by atoms with van der Waals surface area (Å²) in [6, 6.07) is 21.8.